The molecule has 1 aliphatic carbocycles. The van der Waals surface area contributed by atoms with E-state index in [0.717, 1.165) is 0 Å². The van der Waals surface area contributed by atoms with Gasteiger partial charge in [-0.2, -0.15) is 0 Å². The molecule has 1 aliphatic rings. The largest absolute Gasteiger partial charge is 0.352 e. The van der Waals surface area contributed by atoms with E-state index >= 15 is 0 Å². The van der Waals surface area contributed by atoms with Gasteiger partial charge in [0.25, 0.3) is 0 Å². The zero-order valence-electron chi connectivity index (χ0n) is 11.8. The van der Waals surface area contributed by atoms with Gasteiger partial charge in [-0.1, -0.05) is 40.0 Å². The smallest absolute Gasteiger partial charge is 0.237 e. The summed E-state index contributed by atoms with van der Waals surface area (Å²) in [6.45, 7) is 8.12. The Morgan fingerprint density at radius 2 is 1.76 bits per heavy atom. The summed E-state index contributed by atoms with van der Waals surface area (Å²) in [6, 6.07) is -0.162. The molecule has 3 nitrogen and oxygen atoms in total. The molecule has 0 heterocycles. The van der Waals surface area contributed by atoms with Crippen molar-refractivity contribution in [2.45, 2.75) is 71.9 Å². The SMILES string of the molecule is C[C@@H](NC(=O)[C@@H](N)C(C)(C)C)C1CCCCC1. The Labute approximate surface area is 106 Å². The predicted molar refractivity (Wildman–Crippen MR) is 71.6 cm³/mol. The van der Waals surface area contributed by atoms with Crippen molar-refractivity contribution in [1.29, 1.82) is 0 Å². The van der Waals surface area contributed by atoms with Crippen LogP contribution in [0.15, 0.2) is 0 Å². The highest BCUT2D eigenvalue weighted by Crippen LogP contribution is 2.26. The summed E-state index contributed by atoms with van der Waals surface area (Å²) >= 11 is 0. The summed E-state index contributed by atoms with van der Waals surface area (Å²) in [5.74, 6) is 0.635. The van der Waals surface area contributed by atoms with Crippen molar-refractivity contribution in [3.63, 3.8) is 0 Å². The summed E-state index contributed by atoms with van der Waals surface area (Å²) < 4.78 is 0. The van der Waals surface area contributed by atoms with Crippen molar-refractivity contribution < 1.29 is 4.79 Å². The molecule has 0 spiro atoms. The van der Waals surface area contributed by atoms with Crippen LogP contribution in [-0.4, -0.2) is 18.0 Å². The minimum absolute atomic E-state index is 0.00410. The molecule has 0 aromatic heterocycles. The summed E-state index contributed by atoms with van der Waals surface area (Å²) in [5.41, 5.74) is 5.79. The first-order chi connectivity index (χ1) is 7.82. The molecule has 100 valence electrons. The van der Waals surface area contributed by atoms with Crippen molar-refractivity contribution in [1.82, 2.24) is 5.32 Å². The third-order valence-electron chi connectivity index (χ3n) is 3.94. The van der Waals surface area contributed by atoms with Crippen LogP contribution in [0.3, 0.4) is 0 Å². The van der Waals surface area contributed by atoms with E-state index in [1.807, 2.05) is 20.8 Å². The maximum atomic E-state index is 12.0. The van der Waals surface area contributed by atoms with Crippen LogP contribution in [0.2, 0.25) is 0 Å². The van der Waals surface area contributed by atoms with Crippen LogP contribution >= 0.6 is 0 Å². The van der Waals surface area contributed by atoms with Crippen molar-refractivity contribution >= 4 is 5.91 Å². The maximum absolute atomic E-state index is 12.0. The molecule has 0 radical (unpaired) electrons. The molecule has 0 aromatic carbocycles. The van der Waals surface area contributed by atoms with E-state index in [9.17, 15) is 4.79 Å². The van der Waals surface area contributed by atoms with Crippen molar-refractivity contribution in [3.05, 3.63) is 0 Å². The Hall–Kier alpha value is -0.570. The van der Waals surface area contributed by atoms with E-state index in [0.29, 0.717) is 5.92 Å². The topological polar surface area (TPSA) is 55.1 Å². The fourth-order valence-corrected chi connectivity index (χ4v) is 2.46. The Morgan fingerprint density at radius 1 is 1.24 bits per heavy atom. The molecule has 1 rings (SSSR count). The molecule has 1 fully saturated rings. The lowest BCUT2D eigenvalue weighted by atomic mass is 9.83. The van der Waals surface area contributed by atoms with Crippen molar-refractivity contribution in [2.75, 3.05) is 0 Å². The van der Waals surface area contributed by atoms with Crippen molar-refractivity contribution in [3.8, 4) is 0 Å². The van der Waals surface area contributed by atoms with Crippen LogP contribution in [0.25, 0.3) is 0 Å². The fourth-order valence-electron chi connectivity index (χ4n) is 2.46. The normalized spacial score (nSPS) is 21.9. The van der Waals surface area contributed by atoms with Crippen molar-refractivity contribution in [2.24, 2.45) is 17.1 Å². The van der Waals surface area contributed by atoms with Gasteiger partial charge in [-0.25, -0.2) is 0 Å². The number of amides is 1. The van der Waals surface area contributed by atoms with Gasteiger partial charge in [0.15, 0.2) is 0 Å². The molecule has 0 aromatic rings. The first-order valence-electron chi connectivity index (χ1n) is 6.88. The van der Waals surface area contributed by atoms with E-state index < -0.39 is 6.04 Å². The lowest BCUT2D eigenvalue weighted by Crippen LogP contribution is -2.52. The molecule has 1 saturated carbocycles. The molecule has 0 bridgehead atoms. The van der Waals surface area contributed by atoms with E-state index in [1.54, 1.807) is 0 Å². The minimum atomic E-state index is -0.423. The first kappa shape index (κ1) is 14.5. The Bertz CT molecular complexity index is 251. The second-order valence-corrected chi connectivity index (χ2v) is 6.54. The summed E-state index contributed by atoms with van der Waals surface area (Å²) in [6.07, 6.45) is 6.43. The molecular formula is C14H28N2O. The standard InChI is InChI=1S/C14H28N2O/c1-10(11-8-6-5-7-9-11)16-13(17)12(15)14(2,3)4/h10-12H,5-9,15H2,1-4H3,(H,16,17)/t10-,12-/m1/s1. The highest BCUT2D eigenvalue weighted by atomic mass is 16.2. The van der Waals surface area contributed by atoms with Crippen LogP contribution in [0, 0.1) is 11.3 Å². The number of nitrogens with two attached hydrogens (primary N) is 1. The van der Waals surface area contributed by atoms with Gasteiger partial charge >= 0.3 is 0 Å². The Balaban J connectivity index is 2.44. The monoisotopic (exact) mass is 240 g/mol. The van der Waals surface area contributed by atoms with Crippen LogP contribution in [0.5, 0.6) is 0 Å². The highest BCUT2D eigenvalue weighted by Gasteiger charge is 2.29. The molecule has 3 N–H and O–H groups in total. The second kappa shape index (κ2) is 5.85. The van der Waals surface area contributed by atoms with E-state index in [1.165, 1.54) is 32.1 Å². The van der Waals surface area contributed by atoms with Gasteiger partial charge in [-0.15, -0.1) is 0 Å². The summed E-state index contributed by atoms with van der Waals surface area (Å²) in [5, 5.41) is 3.09. The zero-order chi connectivity index (χ0) is 13.1. The third-order valence-corrected chi connectivity index (χ3v) is 3.94. The molecule has 0 aliphatic heterocycles. The number of nitrogens with one attached hydrogen (secondary N) is 1. The molecule has 0 saturated heterocycles. The average Bonchev–Trinajstić information content (AvgIpc) is 2.27. The minimum Gasteiger partial charge on any atom is -0.352 e. The molecule has 1 amide bonds. The van der Waals surface area contributed by atoms with Gasteiger partial charge in [0.05, 0.1) is 6.04 Å². The summed E-state index contributed by atoms with van der Waals surface area (Å²) in [7, 11) is 0. The fraction of sp³-hybridized carbons (Fsp3) is 0.929. The van der Waals surface area contributed by atoms with E-state index in [-0.39, 0.29) is 17.4 Å². The summed E-state index contributed by atoms with van der Waals surface area (Å²) in [4.78, 5) is 12.0. The van der Waals surface area contributed by atoms with Crippen LogP contribution in [-0.2, 0) is 4.79 Å². The van der Waals surface area contributed by atoms with Crippen LogP contribution in [0.1, 0.15) is 59.8 Å². The van der Waals surface area contributed by atoms with Gasteiger partial charge in [-0.05, 0) is 31.1 Å². The molecule has 0 unspecified atom stereocenters. The predicted octanol–water partition coefficient (Wildman–Crippen LogP) is 2.44. The van der Waals surface area contributed by atoms with Crippen LogP contribution < -0.4 is 11.1 Å². The van der Waals surface area contributed by atoms with E-state index in [4.69, 9.17) is 5.73 Å². The average molecular weight is 240 g/mol. The Morgan fingerprint density at radius 3 is 2.24 bits per heavy atom. The second-order valence-electron chi connectivity index (χ2n) is 6.54. The lowest BCUT2D eigenvalue weighted by molar-refractivity contribution is -0.125. The highest BCUT2D eigenvalue weighted by molar-refractivity contribution is 5.82. The van der Waals surface area contributed by atoms with Crippen LogP contribution in [0.4, 0.5) is 0 Å². The number of carbonyl (C=O) groups excluding carboxylic acids is 1. The number of hydrogen-bond donors (Lipinski definition) is 2. The van der Waals surface area contributed by atoms with Gasteiger partial charge < -0.3 is 11.1 Å². The number of rotatable bonds is 3. The Kier molecular flexibility index (Phi) is 4.99. The van der Waals surface area contributed by atoms with E-state index in [2.05, 4.69) is 12.2 Å². The molecule has 3 heteroatoms. The molecule has 17 heavy (non-hydrogen) atoms. The third kappa shape index (κ3) is 4.30. The van der Waals surface area contributed by atoms with Gasteiger partial charge in [0.1, 0.15) is 0 Å². The zero-order valence-corrected chi connectivity index (χ0v) is 11.8. The van der Waals surface area contributed by atoms with Gasteiger partial charge in [-0.3, -0.25) is 4.79 Å². The molecule has 2 atom stereocenters. The van der Waals surface area contributed by atoms with Gasteiger partial charge in [0.2, 0.25) is 5.91 Å². The number of carbonyl (C=O) groups is 1. The number of hydrogen-bond acceptors (Lipinski definition) is 2. The first-order valence-corrected chi connectivity index (χ1v) is 6.88. The molecular weight excluding hydrogens is 212 g/mol. The quantitative estimate of drug-likeness (QED) is 0.796. The van der Waals surface area contributed by atoms with Gasteiger partial charge in [0, 0.05) is 6.04 Å². The lowest BCUT2D eigenvalue weighted by Gasteiger charge is -2.31. The maximum Gasteiger partial charge on any atom is 0.237 e.